The molecule has 6 rings (SSSR count). The smallest absolute Gasteiger partial charge is 0.414 e. The maximum atomic E-state index is 13.7. The predicted molar refractivity (Wildman–Crippen MR) is 204 cm³/mol. The van der Waals surface area contributed by atoms with Gasteiger partial charge < -0.3 is 18.5 Å². The molecule has 1 saturated carbocycles. The fourth-order valence-corrected chi connectivity index (χ4v) is 9.08. The number of hydrogen-bond donors (Lipinski definition) is 1. The number of rotatable bonds is 9. The van der Waals surface area contributed by atoms with E-state index in [9.17, 15) is 9.59 Å². The van der Waals surface area contributed by atoms with Crippen molar-refractivity contribution in [1.29, 1.82) is 0 Å². The molecule has 0 spiro atoms. The molecule has 1 unspecified atom stereocenters. The van der Waals surface area contributed by atoms with Gasteiger partial charge in [-0.15, -0.1) is 0 Å². The normalized spacial score (nSPS) is 18.4. The van der Waals surface area contributed by atoms with Gasteiger partial charge in [0.2, 0.25) is 5.95 Å². The van der Waals surface area contributed by atoms with Gasteiger partial charge in [0.25, 0.3) is 9.04 Å². The lowest BCUT2D eigenvalue weighted by Gasteiger charge is -2.40. The molecule has 2 aromatic heterocycles. The largest absolute Gasteiger partial charge is 0.458 e. The number of imidazole rings is 1. The number of benzene rings is 3. The van der Waals surface area contributed by atoms with Crippen LogP contribution in [0.3, 0.4) is 0 Å². The van der Waals surface area contributed by atoms with Crippen LogP contribution >= 0.6 is 11.6 Å². The maximum absolute atomic E-state index is 13.7. The van der Waals surface area contributed by atoms with Gasteiger partial charge in [-0.2, -0.15) is 9.97 Å². The average molecular weight is 737 g/mol. The van der Waals surface area contributed by atoms with Gasteiger partial charge >= 0.3 is 12.1 Å². The van der Waals surface area contributed by atoms with E-state index in [1.54, 1.807) is 39.2 Å². The fourth-order valence-electron chi connectivity index (χ4n) is 6.52. The molecular formula is C40H43ClN5O5Si. The summed E-state index contributed by atoms with van der Waals surface area (Å²) in [5.74, 6) is -0.883. The number of amides is 1. The second-order valence-electron chi connectivity index (χ2n) is 14.9. The number of hydrogen-bond acceptors (Lipinski definition) is 8. The molecule has 1 radical (unpaired) electrons. The molecule has 3 aromatic carbocycles. The Hall–Kier alpha value is -4.84. The number of carbonyl (C=O) groups excluding carboxylic acids is 2. The van der Waals surface area contributed by atoms with Gasteiger partial charge in [-0.1, -0.05) is 118 Å². The summed E-state index contributed by atoms with van der Waals surface area (Å²) in [4.78, 5) is 39.7. The Bertz CT molecular complexity index is 2010. The van der Waals surface area contributed by atoms with Gasteiger partial charge in [0, 0.05) is 12.3 Å². The summed E-state index contributed by atoms with van der Waals surface area (Å²) in [5.41, 5.74) is 0.851. The summed E-state index contributed by atoms with van der Waals surface area (Å²) < 4.78 is 21.0. The molecule has 12 heteroatoms. The van der Waals surface area contributed by atoms with E-state index in [-0.39, 0.29) is 11.1 Å². The van der Waals surface area contributed by atoms with Gasteiger partial charge in [0.15, 0.2) is 10.8 Å². The summed E-state index contributed by atoms with van der Waals surface area (Å²) in [6.45, 7) is 16.4. The molecule has 52 heavy (non-hydrogen) atoms. The molecule has 269 valence electrons. The van der Waals surface area contributed by atoms with Crippen molar-refractivity contribution in [2.75, 3.05) is 5.32 Å². The van der Waals surface area contributed by atoms with Crippen LogP contribution in [0.25, 0.3) is 11.2 Å². The number of nitrogens with zero attached hydrogens (tertiary/aromatic N) is 4. The Kier molecular flexibility index (Phi) is 10.7. The van der Waals surface area contributed by atoms with E-state index in [1.807, 2.05) is 59.2 Å². The third-order valence-electron chi connectivity index (χ3n) is 8.80. The Balaban J connectivity index is 1.41. The number of carbonyl (C=O) groups is 2. The molecule has 1 N–H and O–H groups in total. The predicted octanol–water partition coefficient (Wildman–Crippen LogP) is 7.41. The number of nitrogens with one attached hydrogen (secondary N) is 1. The maximum Gasteiger partial charge on any atom is 0.414 e. The summed E-state index contributed by atoms with van der Waals surface area (Å²) in [6, 6.07) is 29.0. The van der Waals surface area contributed by atoms with E-state index in [4.69, 9.17) is 25.5 Å². The van der Waals surface area contributed by atoms with E-state index in [0.717, 1.165) is 15.9 Å². The number of anilines is 1. The Morgan fingerprint density at radius 2 is 1.48 bits per heavy atom. The van der Waals surface area contributed by atoms with Crippen molar-refractivity contribution >= 4 is 60.2 Å². The Morgan fingerprint density at radius 1 is 0.904 bits per heavy atom. The van der Waals surface area contributed by atoms with Crippen LogP contribution in [0.4, 0.5) is 10.7 Å². The standard InChI is InChI=1S/C40H43ClN5O5Si/c1-25-29(46-24-42-32-34(41)43-37(44-35(32)46)45-38(48)50-40(5,6)7)23-30(49-36(47)26-17-11-8-12-18-26)31(25)33(39(2,3)4)51-52(27-19-13-9-14-20-27)28-21-15-10-16-22-28/h8-22,24,29-31,33H,1,23H2,2-7H3,(H,43,44,45,48)/t29-,30-,31+,33?/m0/s1. The first-order valence-electron chi connectivity index (χ1n) is 17.2. The number of fused-ring (bicyclic) bond motifs is 1. The molecule has 1 aliphatic rings. The van der Waals surface area contributed by atoms with E-state index in [1.165, 1.54) is 0 Å². The first-order chi connectivity index (χ1) is 24.7. The minimum absolute atomic E-state index is 0.0328. The molecule has 1 aliphatic carbocycles. The molecule has 10 nitrogen and oxygen atoms in total. The molecule has 5 aromatic rings. The van der Waals surface area contributed by atoms with Gasteiger partial charge in [-0.25, -0.2) is 14.6 Å². The Morgan fingerprint density at radius 3 is 2.04 bits per heavy atom. The van der Waals surface area contributed by atoms with Crippen molar-refractivity contribution < 1.29 is 23.5 Å². The number of esters is 1. The van der Waals surface area contributed by atoms with E-state index < -0.39 is 56.3 Å². The van der Waals surface area contributed by atoms with Crippen LogP contribution in [-0.2, 0) is 13.9 Å². The number of halogens is 1. The van der Waals surface area contributed by atoms with Crippen molar-refractivity contribution in [3.8, 4) is 0 Å². The SMILES string of the molecule is C=C1[C@@H](C(O[Si](c2ccccc2)c2ccccc2)C(C)(C)C)[C@@H](OC(=O)c2ccccc2)C[C@@H]1n1cnc2c(Cl)nc(NC(=O)OC(C)(C)C)nc21. The van der Waals surface area contributed by atoms with Crippen LogP contribution < -0.4 is 15.7 Å². The highest BCUT2D eigenvalue weighted by Crippen LogP contribution is 2.48. The third kappa shape index (κ3) is 8.27. The summed E-state index contributed by atoms with van der Waals surface area (Å²) >= 11 is 6.59. The van der Waals surface area contributed by atoms with E-state index in [2.05, 4.69) is 71.9 Å². The van der Waals surface area contributed by atoms with Crippen molar-refractivity contribution in [2.24, 2.45) is 11.3 Å². The van der Waals surface area contributed by atoms with E-state index in [0.29, 0.717) is 23.1 Å². The lowest BCUT2D eigenvalue weighted by Crippen LogP contribution is -2.53. The van der Waals surface area contributed by atoms with Crippen LogP contribution in [0.15, 0.2) is 109 Å². The minimum Gasteiger partial charge on any atom is -0.458 e. The van der Waals surface area contributed by atoms with Gasteiger partial charge in [0.05, 0.1) is 24.0 Å². The van der Waals surface area contributed by atoms with Crippen molar-refractivity contribution in [1.82, 2.24) is 19.5 Å². The van der Waals surface area contributed by atoms with E-state index >= 15 is 0 Å². The quantitative estimate of drug-likeness (QED) is 0.0720. The molecule has 4 atom stereocenters. The van der Waals surface area contributed by atoms with Crippen molar-refractivity contribution in [3.05, 3.63) is 120 Å². The molecule has 0 saturated heterocycles. The highest BCUT2D eigenvalue weighted by Gasteiger charge is 2.50. The number of ether oxygens (including phenoxy) is 2. The highest BCUT2D eigenvalue weighted by atomic mass is 35.5. The van der Waals surface area contributed by atoms with Gasteiger partial charge in [-0.05, 0) is 54.3 Å². The van der Waals surface area contributed by atoms with Gasteiger partial charge in [0.1, 0.15) is 17.2 Å². The van der Waals surface area contributed by atoms with Crippen LogP contribution in [0.1, 0.15) is 64.4 Å². The monoisotopic (exact) mass is 736 g/mol. The third-order valence-corrected chi connectivity index (χ3v) is 11.3. The van der Waals surface area contributed by atoms with Crippen LogP contribution in [0, 0.1) is 11.3 Å². The molecule has 0 bridgehead atoms. The van der Waals surface area contributed by atoms with Crippen LogP contribution in [-0.4, -0.2) is 58.4 Å². The second-order valence-corrected chi connectivity index (χ2v) is 17.3. The first-order valence-corrected chi connectivity index (χ1v) is 19.0. The highest BCUT2D eigenvalue weighted by molar-refractivity contribution is 6.80. The zero-order valence-corrected chi connectivity index (χ0v) is 31.9. The van der Waals surface area contributed by atoms with Crippen molar-refractivity contribution in [2.45, 2.75) is 71.8 Å². The van der Waals surface area contributed by atoms with Gasteiger partial charge in [-0.3, -0.25) is 5.32 Å². The fraction of sp³-hybridized carbons (Fsp3) is 0.325. The number of aromatic nitrogens is 4. The average Bonchev–Trinajstić information content (AvgIpc) is 3.65. The summed E-state index contributed by atoms with van der Waals surface area (Å²) in [6.07, 6.45) is 0.251. The molecular weight excluding hydrogens is 694 g/mol. The van der Waals surface area contributed by atoms with Crippen LogP contribution in [0.5, 0.6) is 0 Å². The van der Waals surface area contributed by atoms with Crippen molar-refractivity contribution in [3.63, 3.8) is 0 Å². The molecule has 1 amide bonds. The lowest BCUT2D eigenvalue weighted by atomic mass is 9.78. The second kappa shape index (κ2) is 15.0. The summed E-state index contributed by atoms with van der Waals surface area (Å²) in [7, 11) is -1.77. The molecule has 2 heterocycles. The zero-order valence-electron chi connectivity index (χ0n) is 30.2. The van der Waals surface area contributed by atoms with Crippen LogP contribution in [0.2, 0.25) is 5.15 Å². The molecule has 1 fully saturated rings. The minimum atomic E-state index is -1.77. The lowest BCUT2D eigenvalue weighted by molar-refractivity contribution is -0.0215. The zero-order chi connectivity index (χ0) is 37.2. The first kappa shape index (κ1) is 36.9. The summed E-state index contributed by atoms with van der Waals surface area (Å²) in [5, 5.41) is 4.85. The topological polar surface area (TPSA) is 117 Å². The Labute approximate surface area is 310 Å². The molecule has 0 aliphatic heterocycles.